The summed E-state index contributed by atoms with van der Waals surface area (Å²) < 4.78 is 5.79. The van der Waals surface area contributed by atoms with Crippen molar-refractivity contribution in [3.8, 4) is 0 Å². The molecule has 1 aromatic carbocycles. The zero-order chi connectivity index (χ0) is 19.9. The van der Waals surface area contributed by atoms with Gasteiger partial charge in [0.2, 0.25) is 0 Å². The summed E-state index contributed by atoms with van der Waals surface area (Å²) in [5.41, 5.74) is 1.20. The number of aldehydes is 1. The van der Waals surface area contributed by atoms with Gasteiger partial charge in [-0.05, 0) is 30.2 Å². The van der Waals surface area contributed by atoms with E-state index in [9.17, 15) is 4.79 Å². The van der Waals surface area contributed by atoms with E-state index in [4.69, 9.17) is 4.74 Å². The van der Waals surface area contributed by atoms with Crippen LogP contribution in [0.5, 0.6) is 0 Å². The average Bonchev–Trinajstić information content (AvgIpc) is 2.64. The van der Waals surface area contributed by atoms with E-state index in [1.54, 1.807) is 0 Å². The van der Waals surface area contributed by atoms with Crippen LogP contribution in [0.1, 0.15) is 53.9 Å². The van der Waals surface area contributed by atoms with Crippen molar-refractivity contribution in [2.75, 3.05) is 6.61 Å². The summed E-state index contributed by atoms with van der Waals surface area (Å²) in [4.78, 5) is 10.6. The molecule has 0 unspecified atom stereocenters. The van der Waals surface area contributed by atoms with Crippen molar-refractivity contribution < 1.29 is 11.0 Å². The summed E-state index contributed by atoms with van der Waals surface area (Å²) in [5.74, 6) is 2.81. The summed E-state index contributed by atoms with van der Waals surface area (Å²) in [5, 5.41) is 2.97. The summed E-state index contributed by atoms with van der Waals surface area (Å²) >= 11 is 0.755. The molecule has 2 atom stereocenters. The smallest absolute Gasteiger partial charge is 0.120 e. The van der Waals surface area contributed by atoms with E-state index in [1.165, 1.54) is 16.1 Å². The molecule has 0 saturated carbocycles. The predicted molar refractivity (Wildman–Crippen MR) is 118 cm³/mol. The third-order valence-electron chi connectivity index (χ3n) is 4.83. The SMILES string of the molecule is CC(C)[CH2][Al+][CH2]C(C)C.O=CC[C@H]1CC=CC[C@H]1COCc1ccccc1.[H-]. The van der Waals surface area contributed by atoms with Crippen LogP contribution in [0, 0.1) is 23.7 Å². The molecular formula is C24H39AlO2. The molecular weight excluding hydrogens is 347 g/mol. The van der Waals surface area contributed by atoms with Crippen molar-refractivity contribution >= 4 is 21.5 Å². The Labute approximate surface area is 175 Å². The molecule has 0 fully saturated rings. The number of benzene rings is 1. The first-order chi connectivity index (χ1) is 13.0. The molecule has 1 aliphatic carbocycles. The molecule has 2 nitrogen and oxygen atoms in total. The first-order valence-electron chi connectivity index (χ1n) is 10.5. The molecule has 0 saturated heterocycles. The van der Waals surface area contributed by atoms with Gasteiger partial charge in [0.05, 0.1) is 13.2 Å². The minimum Gasteiger partial charge on any atom is -1.00 e. The Morgan fingerprint density at radius 2 is 1.63 bits per heavy atom. The molecule has 0 aliphatic heterocycles. The molecule has 1 aromatic rings. The molecule has 27 heavy (non-hydrogen) atoms. The molecule has 0 bridgehead atoms. The van der Waals surface area contributed by atoms with E-state index < -0.39 is 0 Å². The minimum absolute atomic E-state index is 0. The fourth-order valence-electron chi connectivity index (χ4n) is 3.21. The van der Waals surface area contributed by atoms with E-state index >= 15 is 0 Å². The first kappa shape index (κ1) is 24.2. The second kappa shape index (κ2) is 15.1. The van der Waals surface area contributed by atoms with Crippen LogP contribution in [0.25, 0.3) is 0 Å². The Balaban J connectivity index is 0.000000627. The largest absolute Gasteiger partial charge is 1.00 e. The first-order valence-corrected chi connectivity index (χ1v) is 12.2. The van der Waals surface area contributed by atoms with Crippen LogP contribution in [0.15, 0.2) is 42.5 Å². The fraction of sp³-hybridized carbons (Fsp3) is 0.625. The normalized spacial score (nSPS) is 18.7. The maximum Gasteiger partial charge on any atom is 0.120 e. The minimum atomic E-state index is 0. The molecule has 0 aromatic heterocycles. The van der Waals surface area contributed by atoms with Gasteiger partial charge in [-0.1, -0.05) is 42.5 Å². The van der Waals surface area contributed by atoms with Crippen LogP contribution in [0.3, 0.4) is 0 Å². The molecule has 0 radical (unpaired) electrons. The maximum atomic E-state index is 10.6. The van der Waals surface area contributed by atoms with Crippen molar-refractivity contribution in [3.63, 3.8) is 0 Å². The van der Waals surface area contributed by atoms with Crippen molar-refractivity contribution in [1.82, 2.24) is 0 Å². The van der Waals surface area contributed by atoms with Gasteiger partial charge in [-0.2, -0.15) is 0 Å². The maximum absolute atomic E-state index is 10.6. The van der Waals surface area contributed by atoms with Crippen LogP contribution < -0.4 is 0 Å². The Morgan fingerprint density at radius 1 is 1.04 bits per heavy atom. The number of carbonyl (C=O) groups is 1. The Bertz CT molecular complexity index is 509. The number of hydrogen-bond acceptors (Lipinski definition) is 2. The zero-order valence-corrected chi connectivity index (χ0v) is 18.9. The fourth-order valence-corrected chi connectivity index (χ4v) is 4.73. The van der Waals surface area contributed by atoms with Gasteiger partial charge in [0, 0.05) is 6.42 Å². The average molecular weight is 387 g/mol. The van der Waals surface area contributed by atoms with Crippen molar-refractivity contribution in [3.05, 3.63) is 48.0 Å². The summed E-state index contributed by atoms with van der Waals surface area (Å²) in [6.07, 6.45) is 8.13. The molecule has 150 valence electrons. The summed E-state index contributed by atoms with van der Waals surface area (Å²) in [6.45, 7) is 10.7. The van der Waals surface area contributed by atoms with Crippen LogP contribution in [-0.2, 0) is 16.1 Å². The number of allylic oxidation sites excluding steroid dienone is 2. The Morgan fingerprint density at radius 3 is 2.19 bits per heavy atom. The van der Waals surface area contributed by atoms with Gasteiger partial charge in [-0.3, -0.25) is 0 Å². The van der Waals surface area contributed by atoms with Gasteiger partial charge in [-0.25, -0.2) is 0 Å². The van der Waals surface area contributed by atoms with E-state index in [-0.39, 0.29) is 1.43 Å². The van der Waals surface area contributed by atoms with Crippen LogP contribution in [0.2, 0.25) is 10.6 Å². The number of hydrogen-bond donors (Lipinski definition) is 0. The quantitative estimate of drug-likeness (QED) is 0.267. The van der Waals surface area contributed by atoms with Crippen LogP contribution >= 0.6 is 0 Å². The molecule has 0 N–H and O–H groups in total. The van der Waals surface area contributed by atoms with Crippen molar-refractivity contribution in [1.29, 1.82) is 0 Å². The van der Waals surface area contributed by atoms with E-state index in [2.05, 4.69) is 52.0 Å². The van der Waals surface area contributed by atoms with Crippen LogP contribution in [-0.4, -0.2) is 28.1 Å². The zero-order valence-electron chi connectivity index (χ0n) is 18.8. The summed E-state index contributed by atoms with van der Waals surface area (Å²) in [7, 11) is 0. The van der Waals surface area contributed by atoms with Gasteiger partial charge < -0.3 is 11.0 Å². The monoisotopic (exact) mass is 386 g/mol. The second-order valence-corrected chi connectivity index (χ2v) is 9.93. The molecule has 3 heteroatoms. The van der Waals surface area contributed by atoms with Crippen LogP contribution in [0.4, 0.5) is 0 Å². The predicted octanol–water partition coefficient (Wildman–Crippen LogP) is 6.33. The molecule has 2 rings (SSSR count). The number of ether oxygens (including phenoxy) is 1. The van der Waals surface area contributed by atoms with E-state index in [1.807, 2.05) is 18.2 Å². The van der Waals surface area contributed by atoms with Gasteiger partial charge in [0.1, 0.15) is 6.29 Å². The van der Waals surface area contributed by atoms with Crippen molar-refractivity contribution in [2.45, 2.75) is 64.1 Å². The summed E-state index contributed by atoms with van der Waals surface area (Å²) in [6, 6.07) is 10.2. The van der Waals surface area contributed by atoms with E-state index in [0.29, 0.717) is 24.9 Å². The third-order valence-corrected chi connectivity index (χ3v) is 7.38. The molecule has 1 aliphatic rings. The van der Waals surface area contributed by atoms with Crippen molar-refractivity contribution in [2.24, 2.45) is 23.7 Å². The molecule has 0 heterocycles. The second-order valence-electron chi connectivity index (χ2n) is 8.41. The Hall–Kier alpha value is -0.878. The number of carbonyl (C=O) groups excluding carboxylic acids is 1. The Kier molecular flexibility index (Phi) is 13.5. The number of rotatable bonds is 10. The molecule has 0 spiro atoms. The van der Waals surface area contributed by atoms with Gasteiger partial charge in [-0.15, -0.1) is 0 Å². The van der Waals surface area contributed by atoms with Gasteiger partial charge in [0.25, 0.3) is 0 Å². The third kappa shape index (κ3) is 12.2. The van der Waals surface area contributed by atoms with Gasteiger partial charge >= 0.3 is 65.3 Å². The van der Waals surface area contributed by atoms with Gasteiger partial charge in [0.15, 0.2) is 0 Å². The molecule has 0 amide bonds. The van der Waals surface area contributed by atoms with E-state index in [0.717, 1.165) is 52.8 Å². The topological polar surface area (TPSA) is 26.3 Å². The standard InChI is InChI=1S/C16H20O2.2C4H9.Al.H/c17-11-10-15-8-4-5-9-16(15)13-18-12-14-6-2-1-3-7-14;2*1-4(2)3;;/h1-7,11,15-16H,8-10,12-13H2;2*4H,1H2,2-3H3;;/q;;;+1;-1/t15-,16+;;;;/m1..../s1.